The standard InChI is InChI=1S/C21H22N2O3/c1-15(24)23-11-10-17-7-3-4-9-19(17)20(23)13-21(25)22-18-8-5-6-16(12-18)14-26-2/h3-12,20H,13-14H2,1-2H3,(H,22,25)/t20-/m0/s1. The zero-order valence-electron chi connectivity index (χ0n) is 14.9. The lowest BCUT2D eigenvalue weighted by atomic mass is 9.93. The molecule has 1 aliphatic rings. The number of hydrogen-bond acceptors (Lipinski definition) is 3. The molecular formula is C21H22N2O3. The van der Waals surface area contributed by atoms with Crippen molar-refractivity contribution in [2.45, 2.75) is 26.0 Å². The van der Waals surface area contributed by atoms with Crippen LogP contribution in [0.1, 0.15) is 36.1 Å². The highest BCUT2D eigenvalue weighted by Crippen LogP contribution is 2.33. The van der Waals surface area contributed by atoms with E-state index in [-0.39, 0.29) is 24.3 Å². The Labute approximate surface area is 153 Å². The van der Waals surface area contributed by atoms with Crippen LogP contribution in [0.2, 0.25) is 0 Å². The third kappa shape index (κ3) is 4.00. The summed E-state index contributed by atoms with van der Waals surface area (Å²) in [4.78, 5) is 26.2. The monoisotopic (exact) mass is 350 g/mol. The van der Waals surface area contributed by atoms with Crippen LogP contribution >= 0.6 is 0 Å². The maximum atomic E-state index is 12.6. The quantitative estimate of drug-likeness (QED) is 0.894. The maximum Gasteiger partial charge on any atom is 0.226 e. The van der Waals surface area contributed by atoms with Gasteiger partial charge in [-0.3, -0.25) is 9.59 Å². The molecule has 2 aromatic carbocycles. The number of nitrogens with zero attached hydrogens (tertiary/aromatic N) is 1. The van der Waals surface area contributed by atoms with E-state index in [1.165, 1.54) is 6.92 Å². The lowest BCUT2D eigenvalue weighted by Crippen LogP contribution is -2.33. The van der Waals surface area contributed by atoms with Crippen LogP contribution in [0.3, 0.4) is 0 Å². The van der Waals surface area contributed by atoms with Gasteiger partial charge >= 0.3 is 0 Å². The number of fused-ring (bicyclic) bond motifs is 1. The van der Waals surface area contributed by atoms with E-state index >= 15 is 0 Å². The maximum absolute atomic E-state index is 12.6. The van der Waals surface area contributed by atoms with Gasteiger partial charge in [0.1, 0.15) is 0 Å². The summed E-state index contributed by atoms with van der Waals surface area (Å²) in [7, 11) is 1.63. The van der Waals surface area contributed by atoms with Gasteiger partial charge in [0.2, 0.25) is 11.8 Å². The lowest BCUT2D eigenvalue weighted by Gasteiger charge is -2.32. The first-order valence-electron chi connectivity index (χ1n) is 8.52. The molecule has 1 N–H and O–H groups in total. The van der Waals surface area contributed by atoms with Gasteiger partial charge in [-0.2, -0.15) is 0 Å². The normalized spacial score (nSPS) is 15.5. The smallest absolute Gasteiger partial charge is 0.226 e. The average molecular weight is 350 g/mol. The van der Waals surface area contributed by atoms with Crippen molar-refractivity contribution in [1.82, 2.24) is 4.90 Å². The number of carbonyl (C=O) groups excluding carboxylic acids is 2. The highest BCUT2D eigenvalue weighted by Gasteiger charge is 2.28. The van der Waals surface area contributed by atoms with Crippen molar-refractivity contribution in [2.75, 3.05) is 12.4 Å². The number of carbonyl (C=O) groups is 2. The molecule has 0 spiro atoms. The highest BCUT2D eigenvalue weighted by molar-refractivity contribution is 5.92. The number of nitrogens with one attached hydrogen (secondary N) is 1. The molecule has 5 heteroatoms. The number of benzene rings is 2. The van der Waals surface area contributed by atoms with E-state index in [4.69, 9.17) is 4.74 Å². The van der Waals surface area contributed by atoms with Gasteiger partial charge in [-0.15, -0.1) is 0 Å². The van der Waals surface area contributed by atoms with E-state index in [2.05, 4.69) is 5.32 Å². The van der Waals surface area contributed by atoms with Gasteiger partial charge in [0.15, 0.2) is 0 Å². The van der Waals surface area contributed by atoms with Crippen LogP contribution in [0.4, 0.5) is 5.69 Å². The summed E-state index contributed by atoms with van der Waals surface area (Å²) < 4.78 is 5.12. The Bertz CT molecular complexity index is 845. The van der Waals surface area contributed by atoms with Crippen molar-refractivity contribution < 1.29 is 14.3 Å². The van der Waals surface area contributed by atoms with Crippen molar-refractivity contribution >= 4 is 23.6 Å². The predicted molar refractivity (Wildman–Crippen MR) is 101 cm³/mol. The molecule has 134 valence electrons. The zero-order valence-corrected chi connectivity index (χ0v) is 14.9. The Morgan fingerprint density at radius 1 is 1.15 bits per heavy atom. The van der Waals surface area contributed by atoms with E-state index in [0.29, 0.717) is 6.61 Å². The van der Waals surface area contributed by atoms with E-state index in [1.807, 2.05) is 54.6 Å². The molecule has 0 saturated heterocycles. The molecule has 5 nitrogen and oxygen atoms in total. The van der Waals surface area contributed by atoms with Crippen LogP contribution in [-0.2, 0) is 20.9 Å². The van der Waals surface area contributed by atoms with Crippen molar-refractivity contribution in [3.63, 3.8) is 0 Å². The average Bonchev–Trinajstić information content (AvgIpc) is 2.62. The second-order valence-corrected chi connectivity index (χ2v) is 6.27. The molecule has 0 bridgehead atoms. The van der Waals surface area contributed by atoms with Crippen LogP contribution in [-0.4, -0.2) is 23.8 Å². The van der Waals surface area contributed by atoms with Crippen LogP contribution in [0.15, 0.2) is 54.7 Å². The molecule has 2 amide bonds. The van der Waals surface area contributed by atoms with E-state index < -0.39 is 0 Å². The fourth-order valence-corrected chi connectivity index (χ4v) is 3.21. The molecule has 3 rings (SSSR count). The summed E-state index contributed by atoms with van der Waals surface area (Å²) in [6.07, 6.45) is 3.84. The molecule has 26 heavy (non-hydrogen) atoms. The summed E-state index contributed by atoms with van der Waals surface area (Å²) in [6.45, 7) is 2.00. The second kappa shape index (κ2) is 7.97. The van der Waals surface area contributed by atoms with Gasteiger partial charge in [0.25, 0.3) is 0 Å². The van der Waals surface area contributed by atoms with Gasteiger partial charge in [0, 0.05) is 25.9 Å². The molecule has 0 unspecified atom stereocenters. The number of hydrogen-bond donors (Lipinski definition) is 1. The number of anilines is 1. The molecule has 0 aromatic heterocycles. The largest absolute Gasteiger partial charge is 0.380 e. The summed E-state index contributed by atoms with van der Waals surface area (Å²) in [5, 5.41) is 2.92. The van der Waals surface area contributed by atoms with Crippen LogP contribution in [0.5, 0.6) is 0 Å². The fraction of sp³-hybridized carbons (Fsp3) is 0.238. The number of methoxy groups -OCH3 is 1. The molecule has 0 aliphatic carbocycles. The van der Waals surface area contributed by atoms with Gasteiger partial charge in [-0.1, -0.05) is 36.4 Å². The first-order valence-corrected chi connectivity index (χ1v) is 8.52. The van der Waals surface area contributed by atoms with Crippen LogP contribution < -0.4 is 5.32 Å². The van der Waals surface area contributed by atoms with Gasteiger partial charge in [-0.25, -0.2) is 0 Å². The Morgan fingerprint density at radius 2 is 1.96 bits per heavy atom. The van der Waals surface area contributed by atoms with Gasteiger partial charge < -0.3 is 15.0 Å². The minimum Gasteiger partial charge on any atom is -0.380 e. The second-order valence-electron chi connectivity index (χ2n) is 6.27. The van der Waals surface area contributed by atoms with Crippen molar-refractivity contribution in [3.05, 3.63) is 71.4 Å². The molecule has 1 heterocycles. The molecular weight excluding hydrogens is 328 g/mol. The van der Waals surface area contributed by atoms with Gasteiger partial charge in [-0.05, 0) is 34.9 Å². The third-order valence-corrected chi connectivity index (χ3v) is 4.37. The van der Waals surface area contributed by atoms with Crippen LogP contribution in [0, 0.1) is 0 Å². The van der Waals surface area contributed by atoms with E-state index in [0.717, 1.165) is 22.4 Å². The topological polar surface area (TPSA) is 58.6 Å². The van der Waals surface area contributed by atoms with E-state index in [1.54, 1.807) is 18.2 Å². The SMILES string of the molecule is COCc1cccc(NC(=O)C[C@H]2c3ccccc3C=CN2C(C)=O)c1. The van der Waals surface area contributed by atoms with Crippen LogP contribution in [0.25, 0.3) is 6.08 Å². The summed E-state index contributed by atoms with van der Waals surface area (Å²) in [6, 6.07) is 15.1. The molecule has 0 fully saturated rings. The Balaban J connectivity index is 1.77. The Morgan fingerprint density at radius 3 is 2.73 bits per heavy atom. The molecule has 0 saturated carbocycles. The summed E-state index contributed by atoms with van der Waals surface area (Å²) >= 11 is 0. The third-order valence-electron chi connectivity index (χ3n) is 4.37. The summed E-state index contributed by atoms with van der Waals surface area (Å²) in [5.74, 6) is -0.225. The van der Waals surface area contributed by atoms with Crippen molar-refractivity contribution in [3.8, 4) is 0 Å². The summed E-state index contributed by atoms with van der Waals surface area (Å²) in [5.41, 5.74) is 3.72. The first-order chi connectivity index (χ1) is 12.6. The fourth-order valence-electron chi connectivity index (χ4n) is 3.21. The van der Waals surface area contributed by atoms with Crippen molar-refractivity contribution in [1.29, 1.82) is 0 Å². The predicted octanol–water partition coefficient (Wildman–Crippen LogP) is 3.74. The van der Waals surface area contributed by atoms with Gasteiger partial charge in [0.05, 0.1) is 19.1 Å². The molecule has 2 aromatic rings. The number of ether oxygens (including phenoxy) is 1. The number of amides is 2. The molecule has 1 atom stereocenters. The van der Waals surface area contributed by atoms with Crippen molar-refractivity contribution in [2.24, 2.45) is 0 Å². The zero-order chi connectivity index (χ0) is 18.5. The minimum absolute atomic E-state index is 0.0874. The minimum atomic E-state index is -0.309. The highest BCUT2D eigenvalue weighted by atomic mass is 16.5. The molecule has 1 aliphatic heterocycles. The Hall–Kier alpha value is -2.92. The number of rotatable bonds is 5. The first kappa shape index (κ1) is 17.9. The molecule has 0 radical (unpaired) electrons. The Kier molecular flexibility index (Phi) is 5.49. The van der Waals surface area contributed by atoms with E-state index in [9.17, 15) is 9.59 Å². The lowest BCUT2D eigenvalue weighted by molar-refractivity contribution is -0.129.